The van der Waals surface area contributed by atoms with Crippen LogP contribution in [0.4, 0.5) is 0 Å². The van der Waals surface area contributed by atoms with Crippen LogP contribution >= 0.6 is 0 Å². The first-order chi connectivity index (χ1) is 9.92. The van der Waals surface area contributed by atoms with E-state index in [2.05, 4.69) is 19.6 Å². The van der Waals surface area contributed by atoms with Crippen molar-refractivity contribution >= 4 is 14.0 Å². The Hall–Kier alpha value is -1.39. The van der Waals surface area contributed by atoms with Crippen molar-refractivity contribution in [2.45, 2.75) is 38.7 Å². The summed E-state index contributed by atoms with van der Waals surface area (Å²) in [5, 5.41) is 0. The third-order valence-corrected chi connectivity index (χ3v) is 4.37. The average Bonchev–Trinajstić information content (AvgIpc) is 2.44. The molecule has 1 rings (SSSR count). The number of hydrogen-bond donors (Lipinski definition) is 0. The summed E-state index contributed by atoms with van der Waals surface area (Å²) in [6.07, 6.45) is 2.71. The Kier molecular flexibility index (Phi) is 7.40. The van der Waals surface area contributed by atoms with E-state index in [0.29, 0.717) is 13.2 Å². The van der Waals surface area contributed by atoms with Gasteiger partial charge < -0.3 is 9.47 Å². The van der Waals surface area contributed by atoms with E-state index in [1.165, 1.54) is 7.11 Å². The molecule has 0 saturated carbocycles. The number of rotatable bonds is 8. The SMILES string of the molecule is COC(=O)/C(=C/CCOCc1ccccc1)C[Si](C)(C)C. The predicted octanol–water partition coefficient (Wildman–Crippen LogP) is 4.03. The van der Waals surface area contributed by atoms with Crippen LogP contribution in [0.15, 0.2) is 42.0 Å². The normalized spacial score (nSPS) is 12.3. The minimum atomic E-state index is -1.33. The molecule has 0 aliphatic rings. The fraction of sp³-hybridized carbons (Fsp3) is 0.471. The molecule has 0 N–H and O–H groups in total. The lowest BCUT2D eigenvalue weighted by atomic mass is 10.2. The first-order valence-corrected chi connectivity index (χ1v) is 11.0. The third-order valence-electron chi connectivity index (χ3n) is 2.93. The molecular formula is C17H26O3Si. The monoisotopic (exact) mass is 306 g/mol. The first-order valence-electron chi connectivity index (χ1n) is 7.31. The number of benzene rings is 1. The Morgan fingerprint density at radius 3 is 2.43 bits per heavy atom. The van der Waals surface area contributed by atoms with Gasteiger partial charge in [0.1, 0.15) is 0 Å². The summed E-state index contributed by atoms with van der Waals surface area (Å²) in [6.45, 7) is 7.96. The van der Waals surface area contributed by atoms with E-state index in [1.807, 2.05) is 36.4 Å². The molecule has 0 spiro atoms. The lowest BCUT2D eigenvalue weighted by Crippen LogP contribution is -2.23. The van der Waals surface area contributed by atoms with Crippen molar-refractivity contribution in [1.29, 1.82) is 0 Å². The van der Waals surface area contributed by atoms with Crippen LogP contribution < -0.4 is 0 Å². The zero-order chi connectivity index (χ0) is 15.7. The Morgan fingerprint density at radius 2 is 1.86 bits per heavy atom. The van der Waals surface area contributed by atoms with Crippen molar-refractivity contribution in [3.63, 3.8) is 0 Å². The molecule has 1 aromatic carbocycles. The minimum absolute atomic E-state index is 0.208. The van der Waals surface area contributed by atoms with Gasteiger partial charge in [0.2, 0.25) is 0 Å². The van der Waals surface area contributed by atoms with Crippen LogP contribution in [0.5, 0.6) is 0 Å². The van der Waals surface area contributed by atoms with Crippen LogP contribution in [0.2, 0.25) is 25.7 Å². The van der Waals surface area contributed by atoms with Crippen LogP contribution in [0.25, 0.3) is 0 Å². The van der Waals surface area contributed by atoms with Crippen molar-refractivity contribution < 1.29 is 14.3 Å². The van der Waals surface area contributed by atoms with E-state index in [4.69, 9.17) is 9.47 Å². The van der Waals surface area contributed by atoms with Gasteiger partial charge in [0, 0.05) is 13.6 Å². The smallest absolute Gasteiger partial charge is 0.333 e. The molecule has 0 bridgehead atoms. The molecule has 4 heteroatoms. The molecular weight excluding hydrogens is 280 g/mol. The van der Waals surface area contributed by atoms with Gasteiger partial charge in [-0.25, -0.2) is 4.79 Å². The van der Waals surface area contributed by atoms with Gasteiger partial charge in [0.15, 0.2) is 0 Å². The third kappa shape index (κ3) is 7.83. The number of hydrogen-bond acceptors (Lipinski definition) is 3. The number of carbonyl (C=O) groups excluding carboxylic acids is 1. The maximum absolute atomic E-state index is 11.8. The summed E-state index contributed by atoms with van der Waals surface area (Å²) in [5.41, 5.74) is 1.96. The van der Waals surface area contributed by atoms with E-state index >= 15 is 0 Å². The van der Waals surface area contributed by atoms with Gasteiger partial charge in [-0.3, -0.25) is 0 Å². The summed E-state index contributed by atoms with van der Waals surface area (Å²) in [7, 11) is 0.106. The Labute approximate surface area is 129 Å². The zero-order valence-corrected chi connectivity index (χ0v) is 14.5. The van der Waals surface area contributed by atoms with E-state index in [0.717, 1.165) is 23.6 Å². The Bertz CT molecular complexity index is 461. The van der Waals surface area contributed by atoms with Gasteiger partial charge in [-0.2, -0.15) is 0 Å². The largest absolute Gasteiger partial charge is 0.466 e. The van der Waals surface area contributed by atoms with Crippen molar-refractivity contribution in [2.24, 2.45) is 0 Å². The maximum atomic E-state index is 11.8. The molecule has 0 aromatic heterocycles. The molecule has 0 heterocycles. The quantitative estimate of drug-likeness (QED) is 0.315. The zero-order valence-electron chi connectivity index (χ0n) is 13.5. The highest BCUT2D eigenvalue weighted by Gasteiger charge is 2.20. The molecule has 0 fully saturated rings. The fourth-order valence-electron chi connectivity index (χ4n) is 2.01. The van der Waals surface area contributed by atoms with Gasteiger partial charge in [-0.05, 0) is 18.0 Å². The maximum Gasteiger partial charge on any atom is 0.333 e. The average molecular weight is 306 g/mol. The number of carbonyl (C=O) groups is 1. The van der Waals surface area contributed by atoms with Crippen molar-refractivity contribution in [3.05, 3.63) is 47.5 Å². The van der Waals surface area contributed by atoms with E-state index in [-0.39, 0.29) is 5.97 Å². The van der Waals surface area contributed by atoms with E-state index < -0.39 is 8.07 Å². The molecule has 0 aliphatic heterocycles. The van der Waals surface area contributed by atoms with E-state index in [1.54, 1.807) is 0 Å². The highest BCUT2D eigenvalue weighted by Crippen LogP contribution is 2.18. The summed E-state index contributed by atoms with van der Waals surface area (Å²) >= 11 is 0. The predicted molar refractivity (Wildman–Crippen MR) is 89.0 cm³/mol. The molecule has 116 valence electrons. The van der Waals surface area contributed by atoms with Crippen molar-refractivity contribution in [3.8, 4) is 0 Å². The molecule has 0 radical (unpaired) electrons. The Morgan fingerprint density at radius 1 is 1.19 bits per heavy atom. The highest BCUT2D eigenvalue weighted by molar-refractivity contribution is 6.77. The summed E-state index contributed by atoms with van der Waals surface area (Å²) in [4.78, 5) is 11.8. The van der Waals surface area contributed by atoms with Crippen molar-refractivity contribution in [1.82, 2.24) is 0 Å². The fourth-order valence-corrected chi connectivity index (χ4v) is 3.44. The van der Waals surface area contributed by atoms with Gasteiger partial charge in [-0.15, -0.1) is 0 Å². The highest BCUT2D eigenvalue weighted by atomic mass is 28.3. The number of ether oxygens (including phenoxy) is 2. The second-order valence-corrected chi connectivity index (χ2v) is 11.8. The van der Waals surface area contributed by atoms with Crippen LogP contribution in [-0.2, 0) is 20.9 Å². The molecule has 3 nitrogen and oxygen atoms in total. The topological polar surface area (TPSA) is 35.5 Å². The van der Waals surface area contributed by atoms with Gasteiger partial charge >= 0.3 is 5.97 Å². The van der Waals surface area contributed by atoms with E-state index in [9.17, 15) is 4.79 Å². The van der Waals surface area contributed by atoms with Crippen LogP contribution in [-0.4, -0.2) is 27.8 Å². The molecule has 1 aromatic rings. The number of methoxy groups -OCH3 is 1. The lowest BCUT2D eigenvalue weighted by molar-refractivity contribution is -0.136. The second kappa shape index (κ2) is 8.80. The van der Waals surface area contributed by atoms with Gasteiger partial charge in [-0.1, -0.05) is 56.0 Å². The summed E-state index contributed by atoms with van der Waals surface area (Å²) in [6, 6.07) is 10.9. The van der Waals surface area contributed by atoms with Crippen LogP contribution in [0.1, 0.15) is 12.0 Å². The molecule has 0 unspecified atom stereocenters. The minimum Gasteiger partial charge on any atom is -0.466 e. The van der Waals surface area contributed by atoms with Gasteiger partial charge in [0.05, 0.1) is 20.3 Å². The van der Waals surface area contributed by atoms with Crippen LogP contribution in [0.3, 0.4) is 0 Å². The molecule has 0 amide bonds. The van der Waals surface area contributed by atoms with Gasteiger partial charge in [0.25, 0.3) is 0 Å². The molecule has 0 atom stereocenters. The van der Waals surface area contributed by atoms with Crippen molar-refractivity contribution in [2.75, 3.05) is 13.7 Å². The molecule has 0 aliphatic carbocycles. The molecule has 21 heavy (non-hydrogen) atoms. The standard InChI is InChI=1S/C17H26O3Si/c1-19-17(18)16(14-21(2,3)4)11-8-12-20-13-15-9-6-5-7-10-15/h5-7,9-11H,8,12-14H2,1-4H3/b16-11+. The first kappa shape index (κ1) is 17.7. The second-order valence-electron chi connectivity index (χ2n) is 6.29. The lowest BCUT2D eigenvalue weighted by Gasteiger charge is -2.17. The Balaban J connectivity index is 2.42. The summed E-state index contributed by atoms with van der Waals surface area (Å²) < 4.78 is 10.5. The molecule has 0 saturated heterocycles. The number of esters is 1. The van der Waals surface area contributed by atoms with Crippen LogP contribution in [0, 0.1) is 0 Å². The summed E-state index contributed by atoms with van der Waals surface area (Å²) in [5.74, 6) is -0.208.